The van der Waals surface area contributed by atoms with Gasteiger partial charge in [-0.3, -0.25) is 9.59 Å². The summed E-state index contributed by atoms with van der Waals surface area (Å²) in [4.78, 5) is 42.4. The van der Waals surface area contributed by atoms with E-state index in [-0.39, 0.29) is 29.3 Å². The molecule has 2 atom stereocenters. The van der Waals surface area contributed by atoms with Gasteiger partial charge in [0, 0.05) is 50.2 Å². The lowest BCUT2D eigenvalue weighted by Gasteiger charge is -2.36. The van der Waals surface area contributed by atoms with E-state index in [2.05, 4.69) is 27.2 Å². The highest BCUT2D eigenvalue weighted by Gasteiger charge is 2.36. The van der Waals surface area contributed by atoms with Crippen molar-refractivity contribution in [3.8, 4) is 0 Å². The number of likely N-dealkylation sites (N-methyl/N-ethyl adjacent to an activating group) is 1. The summed E-state index contributed by atoms with van der Waals surface area (Å²) in [5.41, 5.74) is 2.41. The molecule has 4 heterocycles. The summed E-state index contributed by atoms with van der Waals surface area (Å²) in [6, 6.07) is 2.07. The first-order valence-corrected chi connectivity index (χ1v) is 11.5. The summed E-state index contributed by atoms with van der Waals surface area (Å²) in [6.07, 6.45) is 12.5. The fraction of sp³-hybridized carbons (Fsp3) is 0.542. The molecule has 2 aromatic rings. The fourth-order valence-electron chi connectivity index (χ4n) is 4.99. The second-order valence-corrected chi connectivity index (χ2v) is 9.59. The van der Waals surface area contributed by atoms with Crippen molar-refractivity contribution < 1.29 is 9.59 Å². The predicted molar refractivity (Wildman–Crippen MR) is 120 cm³/mol. The van der Waals surface area contributed by atoms with Crippen LogP contribution in [0.3, 0.4) is 0 Å². The first-order chi connectivity index (χ1) is 15.4. The Morgan fingerprint density at radius 2 is 1.97 bits per heavy atom. The Balaban J connectivity index is 1.26. The number of hydrogen-bond acceptors (Lipinski definition) is 6. The van der Waals surface area contributed by atoms with Gasteiger partial charge < -0.3 is 15.1 Å². The topological polar surface area (TPSA) is 91.3 Å². The number of rotatable bonds is 4. The van der Waals surface area contributed by atoms with Crippen molar-refractivity contribution >= 4 is 17.6 Å². The Hall–Kier alpha value is -3.03. The van der Waals surface area contributed by atoms with E-state index in [1.807, 2.05) is 35.3 Å². The van der Waals surface area contributed by atoms with Crippen LogP contribution in [0.5, 0.6) is 0 Å². The van der Waals surface area contributed by atoms with Gasteiger partial charge >= 0.3 is 0 Å². The summed E-state index contributed by atoms with van der Waals surface area (Å²) in [5, 5.41) is 3.52. The number of amides is 2. The molecule has 2 aliphatic heterocycles. The molecular formula is C24H30N6O2. The van der Waals surface area contributed by atoms with Gasteiger partial charge in [-0.25, -0.2) is 15.0 Å². The second-order valence-electron chi connectivity index (χ2n) is 9.59. The molecule has 1 N–H and O–H groups in total. The Morgan fingerprint density at radius 3 is 2.69 bits per heavy atom. The summed E-state index contributed by atoms with van der Waals surface area (Å²) >= 11 is 0. The summed E-state index contributed by atoms with van der Waals surface area (Å²) in [5.74, 6) is 1.24. The van der Waals surface area contributed by atoms with Crippen LogP contribution in [0.15, 0.2) is 31.0 Å². The van der Waals surface area contributed by atoms with Crippen molar-refractivity contribution in [2.45, 2.75) is 57.0 Å². The summed E-state index contributed by atoms with van der Waals surface area (Å²) < 4.78 is 0. The normalized spacial score (nSPS) is 24.9. The highest BCUT2D eigenvalue weighted by atomic mass is 16.2. The quantitative estimate of drug-likeness (QED) is 0.795. The van der Waals surface area contributed by atoms with E-state index in [9.17, 15) is 9.59 Å². The van der Waals surface area contributed by atoms with Crippen LogP contribution in [-0.2, 0) is 16.8 Å². The SMILES string of the molecule is CN(C(=O)C1CCC1)[C@H]1CCN(C(=O)c2cnc3c(c2)CC[C@@](C)(c2cncnc2)N3)C1. The van der Waals surface area contributed by atoms with Gasteiger partial charge in [0.2, 0.25) is 5.91 Å². The monoisotopic (exact) mass is 434 g/mol. The molecule has 8 heteroatoms. The molecule has 3 aliphatic rings. The number of carbonyl (C=O) groups excluding carboxylic acids is 2. The van der Waals surface area contributed by atoms with Gasteiger partial charge in [0.15, 0.2) is 0 Å². The zero-order valence-electron chi connectivity index (χ0n) is 18.8. The van der Waals surface area contributed by atoms with Gasteiger partial charge in [-0.05, 0) is 50.7 Å². The maximum atomic E-state index is 13.2. The van der Waals surface area contributed by atoms with Gasteiger partial charge in [-0.15, -0.1) is 0 Å². The van der Waals surface area contributed by atoms with Crippen molar-refractivity contribution in [1.82, 2.24) is 24.8 Å². The molecule has 8 nitrogen and oxygen atoms in total. The lowest BCUT2D eigenvalue weighted by molar-refractivity contribution is -0.138. The number of nitrogens with one attached hydrogen (secondary N) is 1. The molecule has 0 unspecified atom stereocenters. The average Bonchev–Trinajstić information content (AvgIpc) is 3.27. The number of likely N-dealkylation sites (tertiary alicyclic amines) is 1. The molecule has 0 spiro atoms. The molecule has 2 fully saturated rings. The van der Waals surface area contributed by atoms with Gasteiger partial charge in [-0.1, -0.05) is 6.42 Å². The van der Waals surface area contributed by atoms with E-state index in [0.29, 0.717) is 18.7 Å². The third kappa shape index (κ3) is 3.72. The molecule has 0 radical (unpaired) electrons. The predicted octanol–water partition coefficient (Wildman–Crippen LogP) is 2.62. The molecule has 5 rings (SSSR count). The zero-order valence-corrected chi connectivity index (χ0v) is 18.8. The first kappa shape index (κ1) is 20.8. The third-order valence-corrected chi connectivity index (χ3v) is 7.50. The minimum absolute atomic E-state index is 0.00270. The van der Waals surface area contributed by atoms with Gasteiger partial charge in [-0.2, -0.15) is 0 Å². The molecule has 0 aromatic carbocycles. The Bertz CT molecular complexity index is 1020. The maximum absolute atomic E-state index is 13.2. The average molecular weight is 435 g/mol. The molecule has 168 valence electrons. The lowest BCUT2D eigenvalue weighted by Crippen LogP contribution is -2.44. The van der Waals surface area contributed by atoms with E-state index in [1.165, 1.54) is 6.33 Å². The van der Waals surface area contributed by atoms with Crippen LogP contribution in [-0.4, -0.2) is 62.7 Å². The number of pyridine rings is 1. The van der Waals surface area contributed by atoms with Crippen LogP contribution < -0.4 is 5.32 Å². The van der Waals surface area contributed by atoms with E-state index < -0.39 is 0 Å². The second kappa shape index (κ2) is 8.15. The van der Waals surface area contributed by atoms with Gasteiger partial charge in [0.25, 0.3) is 5.91 Å². The van der Waals surface area contributed by atoms with E-state index in [1.54, 1.807) is 6.20 Å². The molecule has 2 aromatic heterocycles. The standard InChI is InChI=1S/C24H30N6O2/c1-24(19-12-25-15-26-13-19)8-6-17-10-18(11-27-21(17)28-24)23(32)30-9-7-20(14-30)29(2)22(31)16-4-3-5-16/h10-13,15-16,20H,3-9,14H2,1-2H3,(H,27,28)/t20-,24-/m0/s1. The summed E-state index contributed by atoms with van der Waals surface area (Å²) in [7, 11) is 1.89. The smallest absolute Gasteiger partial charge is 0.255 e. The van der Waals surface area contributed by atoms with Crippen LogP contribution in [0.1, 0.15) is 60.5 Å². The molecular weight excluding hydrogens is 404 g/mol. The maximum Gasteiger partial charge on any atom is 0.255 e. The van der Waals surface area contributed by atoms with Crippen LogP contribution in [0.2, 0.25) is 0 Å². The minimum atomic E-state index is -0.285. The Morgan fingerprint density at radius 1 is 1.19 bits per heavy atom. The van der Waals surface area contributed by atoms with Gasteiger partial charge in [0.05, 0.1) is 17.1 Å². The van der Waals surface area contributed by atoms with Gasteiger partial charge in [0.1, 0.15) is 12.1 Å². The van der Waals surface area contributed by atoms with Crippen molar-refractivity contribution in [2.75, 3.05) is 25.5 Å². The number of aryl methyl sites for hydroxylation is 1. The molecule has 1 saturated carbocycles. The van der Waals surface area contributed by atoms with E-state index in [0.717, 1.165) is 55.5 Å². The van der Waals surface area contributed by atoms with E-state index in [4.69, 9.17) is 0 Å². The molecule has 2 amide bonds. The molecule has 32 heavy (non-hydrogen) atoms. The van der Waals surface area contributed by atoms with Crippen LogP contribution in [0.4, 0.5) is 5.82 Å². The third-order valence-electron chi connectivity index (χ3n) is 7.50. The Kier molecular flexibility index (Phi) is 5.31. The van der Waals surface area contributed by atoms with Crippen LogP contribution >= 0.6 is 0 Å². The minimum Gasteiger partial charge on any atom is -0.360 e. The van der Waals surface area contributed by atoms with E-state index >= 15 is 0 Å². The highest BCUT2D eigenvalue weighted by Crippen LogP contribution is 2.36. The zero-order chi connectivity index (χ0) is 22.3. The van der Waals surface area contributed by atoms with Crippen LogP contribution in [0.25, 0.3) is 0 Å². The van der Waals surface area contributed by atoms with Crippen molar-refractivity contribution in [3.63, 3.8) is 0 Å². The van der Waals surface area contributed by atoms with Crippen molar-refractivity contribution in [1.29, 1.82) is 0 Å². The number of hydrogen-bond donors (Lipinski definition) is 1. The number of nitrogens with zero attached hydrogens (tertiary/aromatic N) is 5. The molecule has 0 bridgehead atoms. The van der Waals surface area contributed by atoms with Crippen molar-refractivity contribution in [3.05, 3.63) is 47.7 Å². The lowest BCUT2D eigenvalue weighted by atomic mass is 9.84. The molecule has 1 aliphatic carbocycles. The number of anilines is 1. The number of aromatic nitrogens is 3. The summed E-state index contributed by atoms with van der Waals surface area (Å²) in [6.45, 7) is 3.39. The number of carbonyl (C=O) groups is 2. The number of fused-ring (bicyclic) bond motifs is 1. The largest absolute Gasteiger partial charge is 0.360 e. The molecule has 1 saturated heterocycles. The first-order valence-electron chi connectivity index (χ1n) is 11.5. The fourth-order valence-corrected chi connectivity index (χ4v) is 4.99. The van der Waals surface area contributed by atoms with Crippen LogP contribution in [0, 0.1) is 5.92 Å². The van der Waals surface area contributed by atoms with Crippen molar-refractivity contribution in [2.24, 2.45) is 5.92 Å². The highest BCUT2D eigenvalue weighted by molar-refractivity contribution is 5.94. The Labute approximate surface area is 188 Å².